The van der Waals surface area contributed by atoms with Crippen molar-refractivity contribution in [3.8, 4) is 0 Å². The molecule has 1 aromatic heterocycles. The molecule has 98 valence electrons. The number of hydrogen-bond acceptors (Lipinski definition) is 3. The van der Waals surface area contributed by atoms with Crippen LogP contribution in [0.3, 0.4) is 0 Å². The van der Waals surface area contributed by atoms with Crippen LogP contribution in [0.4, 0.5) is 0 Å². The Balaban J connectivity index is 2.03. The Hall–Kier alpha value is -1.36. The smallest absolute Gasteiger partial charge is 0.326 e. The van der Waals surface area contributed by atoms with Gasteiger partial charge in [0.2, 0.25) is 0 Å². The summed E-state index contributed by atoms with van der Waals surface area (Å²) in [6.45, 7) is 3.81. The molecule has 18 heavy (non-hydrogen) atoms. The molecule has 4 nitrogen and oxygen atoms in total. The fourth-order valence-electron chi connectivity index (χ4n) is 2.00. The SMILES string of the molecule is Cc1cc(C)c(C(=O)N[C@@H](CC2CC2)C(=O)O)s1. The number of carbonyl (C=O) groups excluding carboxylic acids is 1. The molecule has 0 saturated heterocycles. The zero-order valence-electron chi connectivity index (χ0n) is 10.5. The maximum atomic E-state index is 12.0. The maximum absolute atomic E-state index is 12.0. The van der Waals surface area contributed by atoms with Crippen molar-refractivity contribution in [2.24, 2.45) is 5.92 Å². The molecule has 1 aliphatic rings. The van der Waals surface area contributed by atoms with E-state index in [4.69, 9.17) is 5.11 Å². The van der Waals surface area contributed by atoms with Crippen molar-refractivity contribution in [3.05, 3.63) is 21.4 Å². The quantitative estimate of drug-likeness (QED) is 0.860. The summed E-state index contributed by atoms with van der Waals surface area (Å²) in [4.78, 5) is 24.8. The molecule has 1 saturated carbocycles. The molecule has 1 atom stereocenters. The summed E-state index contributed by atoms with van der Waals surface area (Å²) >= 11 is 1.41. The number of carboxylic acids is 1. The zero-order valence-corrected chi connectivity index (χ0v) is 11.3. The van der Waals surface area contributed by atoms with Crippen LogP contribution in [0.2, 0.25) is 0 Å². The molecule has 1 aliphatic carbocycles. The van der Waals surface area contributed by atoms with E-state index in [0.717, 1.165) is 23.3 Å². The minimum absolute atomic E-state index is 0.265. The van der Waals surface area contributed by atoms with Gasteiger partial charge in [-0.25, -0.2) is 4.79 Å². The van der Waals surface area contributed by atoms with Crippen molar-refractivity contribution < 1.29 is 14.7 Å². The standard InChI is InChI=1S/C13H17NO3S/c1-7-5-8(2)18-11(7)12(15)14-10(13(16)17)6-9-3-4-9/h5,9-10H,3-4,6H2,1-2H3,(H,14,15)(H,16,17)/t10-/m0/s1. The first-order chi connectivity index (χ1) is 8.47. The molecule has 0 aliphatic heterocycles. The molecular formula is C13H17NO3S. The highest BCUT2D eigenvalue weighted by atomic mass is 32.1. The third-order valence-corrected chi connectivity index (χ3v) is 4.27. The maximum Gasteiger partial charge on any atom is 0.326 e. The van der Waals surface area contributed by atoms with Gasteiger partial charge in [-0.3, -0.25) is 4.79 Å². The minimum Gasteiger partial charge on any atom is -0.480 e. The molecule has 0 bridgehead atoms. The van der Waals surface area contributed by atoms with E-state index in [9.17, 15) is 9.59 Å². The summed E-state index contributed by atoms with van der Waals surface area (Å²) in [5.74, 6) is -0.739. The third kappa shape index (κ3) is 3.10. The monoisotopic (exact) mass is 267 g/mol. The first-order valence-corrected chi connectivity index (χ1v) is 6.89. The van der Waals surface area contributed by atoms with Crippen molar-refractivity contribution in [2.45, 2.75) is 39.2 Å². The summed E-state index contributed by atoms with van der Waals surface area (Å²) in [5.41, 5.74) is 0.908. The summed E-state index contributed by atoms with van der Waals surface area (Å²) < 4.78 is 0. The normalized spacial score (nSPS) is 16.3. The number of aliphatic carboxylic acids is 1. The highest BCUT2D eigenvalue weighted by Gasteiger charge is 2.30. The average molecular weight is 267 g/mol. The molecule has 0 spiro atoms. The number of nitrogens with one attached hydrogen (secondary N) is 1. The van der Waals surface area contributed by atoms with Gasteiger partial charge >= 0.3 is 5.97 Å². The summed E-state index contributed by atoms with van der Waals surface area (Å²) in [7, 11) is 0. The predicted octanol–water partition coefficient (Wildman–Crippen LogP) is 2.35. The molecular weight excluding hydrogens is 250 g/mol. The Morgan fingerprint density at radius 3 is 2.61 bits per heavy atom. The van der Waals surface area contributed by atoms with Gasteiger partial charge in [-0.2, -0.15) is 0 Å². The van der Waals surface area contributed by atoms with Gasteiger partial charge in [-0.05, 0) is 37.8 Å². The summed E-state index contributed by atoms with van der Waals surface area (Å²) in [6.07, 6.45) is 2.71. The second-order valence-corrected chi connectivity index (χ2v) is 6.17. The molecule has 1 aromatic rings. The van der Waals surface area contributed by atoms with E-state index in [-0.39, 0.29) is 5.91 Å². The number of rotatable bonds is 5. The van der Waals surface area contributed by atoms with Gasteiger partial charge in [-0.1, -0.05) is 12.8 Å². The topological polar surface area (TPSA) is 66.4 Å². The van der Waals surface area contributed by atoms with Gasteiger partial charge in [0, 0.05) is 4.88 Å². The van der Waals surface area contributed by atoms with Crippen molar-refractivity contribution >= 4 is 23.2 Å². The van der Waals surface area contributed by atoms with Crippen LogP contribution in [0.15, 0.2) is 6.07 Å². The Kier molecular flexibility index (Phi) is 3.71. The Bertz CT molecular complexity index is 477. The van der Waals surface area contributed by atoms with Crippen molar-refractivity contribution in [1.29, 1.82) is 0 Å². The fraction of sp³-hybridized carbons (Fsp3) is 0.538. The average Bonchev–Trinajstić information content (AvgIpc) is 3.02. The lowest BCUT2D eigenvalue weighted by Crippen LogP contribution is -2.41. The second kappa shape index (κ2) is 5.10. The van der Waals surface area contributed by atoms with Crippen LogP contribution in [0, 0.1) is 19.8 Å². The summed E-state index contributed by atoms with van der Waals surface area (Å²) in [6, 6.07) is 1.18. The molecule has 5 heteroatoms. The van der Waals surface area contributed by atoms with Crippen LogP contribution in [-0.4, -0.2) is 23.0 Å². The van der Waals surface area contributed by atoms with Crippen LogP contribution in [-0.2, 0) is 4.79 Å². The molecule has 1 fully saturated rings. The van der Waals surface area contributed by atoms with Gasteiger partial charge in [0.25, 0.3) is 5.91 Å². The lowest BCUT2D eigenvalue weighted by Gasteiger charge is -2.13. The first kappa shape index (κ1) is 13.1. The van der Waals surface area contributed by atoms with E-state index in [2.05, 4.69) is 5.32 Å². The molecule has 0 radical (unpaired) electrons. The van der Waals surface area contributed by atoms with E-state index in [0.29, 0.717) is 17.2 Å². The molecule has 0 unspecified atom stereocenters. The number of thiophene rings is 1. The Morgan fingerprint density at radius 1 is 1.50 bits per heavy atom. The molecule has 2 rings (SSSR count). The van der Waals surface area contributed by atoms with Crippen LogP contribution < -0.4 is 5.32 Å². The van der Waals surface area contributed by atoms with Gasteiger partial charge in [0.05, 0.1) is 4.88 Å². The second-order valence-electron chi connectivity index (χ2n) is 4.91. The predicted molar refractivity (Wildman–Crippen MR) is 70.0 cm³/mol. The first-order valence-electron chi connectivity index (χ1n) is 6.08. The minimum atomic E-state index is -0.943. The van der Waals surface area contributed by atoms with Crippen molar-refractivity contribution in [2.75, 3.05) is 0 Å². The van der Waals surface area contributed by atoms with Crippen LogP contribution in [0.5, 0.6) is 0 Å². The number of carboxylic acid groups (broad SMARTS) is 1. The highest BCUT2D eigenvalue weighted by Crippen LogP contribution is 2.33. The third-order valence-electron chi connectivity index (χ3n) is 3.12. The Morgan fingerprint density at radius 2 is 2.17 bits per heavy atom. The van der Waals surface area contributed by atoms with E-state index in [1.807, 2.05) is 19.9 Å². The van der Waals surface area contributed by atoms with E-state index >= 15 is 0 Å². The van der Waals surface area contributed by atoms with Crippen molar-refractivity contribution in [1.82, 2.24) is 5.32 Å². The van der Waals surface area contributed by atoms with Crippen molar-refractivity contribution in [3.63, 3.8) is 0 Å². The number of hydrogen-bond donors (Lipinski definition) is 2. The van der Waals surface area contributed by atoms with Crippen LogP contribution in [0.25, 0.3) is 0 Å². The van der Waals surface area contributed by atoms with Crippen LogP contribution in [0.1, 0.15) is 39.4 Å². The molecule has 1 heterocycles. The van der Waals surface area contributed by atoms with Gasteiger partial charge in [0.1, 0.15) is 6.04 Å². The molecule has 1 amide bonds. The zero-order chi connectivity index (χ0) is 13.3. The number of carbonyl (C=O) groups is 2. The van der Waals surface area contributed by atoms with Crippen LogP contribution >= 0.6 is 11.3 Å². The van der Waals surface area contributed by atoms with Gasteiger partial charge < -0.3 is 10.4 Å². The van der Waals surface area contributed by atoms with E-state index in [1.165, 1.54) is 11.3 Å². The number of aryl methyl sites for hydroxylation is 2. The van der Waals surface area contributed by atoms with E-state index < -0.39 is 12.0 Å². The van der Waals surface area contributed by atoms with Gasteiger partial charge in [-0.15, -0.1) is 11.3 Å². The largest absolute Gasteiger partial charge is 0.480 e. The molecule has 0 aromatic carbocycles. The van der Waals surface area contributed by atoms with Gasteiger partial charge in [0.15, 0.2) is 0 Å². The lowest BCUT2D eigenvalue weighted by molar-refractivity contribution is -0.139. The fourth-order valence-corrected chi connectivity index (χ4v) is 2.93. The Labute approximate surface area is 110 Å². The molecule has 2 N–H and O–H groups in total. The lowest BCUT2D eigenvalue weighted by atomic mass is 10.1. The summed E-state index contributed by atoms with van der Waals surface area (Å²) in [5, 5.41) is 11.7. The van der Waals surface area contributed by atoms with E-state index in [1.54, 1.807) is 0 Å². The highest BCUT2D eigenvalue weighted by molar-refractivity contribution is 7.14. The number of amides is 1.